The quantitative estimate of drug-likeness (QED) is 0.170. The van der Waals surface area contributed by atoms with Crippen molar-refractivity contribution in [3.63, 3.8) is 0 Å². The van der Waals surface area contributed by atoms with Gasteiger partial charge in [-0.05, 0) is 62.3 Å². The molecule has 0 heterocycles. The summed E-state index contributed by atoms with van der Waals surface area (Å²) < 4.78 is 44.8. The molecule has 0 aliphatic rings. The van der Waals surface area contributed by atoms with Crippen molar-refractivity contribution in [3.05, 3.63) is 0 Å². The molecule has 2 N–H and O–H groups in total. The van der Waals surface area contributed by atoms with E-state index in [0.29, 0.717) is 26.4 Å². The van der Waals surface area contributed by atoms with E-state index in [4.69, 9.17) is 43.0 Å². The Hall–Kier alpha value is -0.890. The normalized spacial score (nSPS) is 19.1. The molecule has 11 heteroatoms. The van der Waals surface area contributed by atoms with Crippen LogP contribution < -0.4 is 0 Å². The zero-order chi connectivity index (χ0) is 29.1. The maximum atomic E-state index is 12.3. The van der Waals surface area contributed by atoms with Crippen LogP contribution in [0.25, 0.3) is 0 Å². The molecule has 9 atom stereocenters. The minimum absolute atomic E-state index is 0.0211. The molecule has 0 rings (SSSR count). The number of ether oxygens (including phenoxy) is 8. The summed E-state index contributed by atoms with van der Waals surface area (Å²) in [5, 5.41) is 18.2. The van der Waals surface area contributed by atoms with E-state index < -0.39 is 24.3 Å². The first kappa shape index (κ1) is 37.1. The van der Waals surface area contributed by atoms with Gasteiger partial charge in [0.25, 0.3) is 0 Å². The van der Waals surface area contributed by atoms with E-state index in [9.17, 15) is 9.90 Å². The number of rotatable bonds is 24. The second-order valence-corrected chi connectivity index (χ2v) is 10.1. The van der Waals surface area contributed by atoms with E-state index in [0.717, 1.165) is 0 Å². The molecule has 228 valence electrons. The molecule has 0 saturated carbocycles. The van der Waals surface area contributed by atoms with Gasteiger partial charge in [0.2, 0.25) is 0 Å². The lowest BCUT2D eigenvalue weighted by Crippen LogP contribution is -2.33. The lowest BCUT2D eigenvalue weighted by molar-refractivity contribution is -0.167. The zero-order valence-electron chi connectivity index (χ0n) is 24.9. The highest BCUT2D eigenvalue weighted by molar-refractivity contribution is 5.74. The standard InChI is InChI=1S/C27H54O11/c1-18(29)11-31-20(3)13-35-24(7)16-37-26(9)27(30)38-25(8)17-36-23(6)15-34-22(5)14-33-21(4)12-32-19(2)10-28/h18-26,28-29H,10-17H2,1-9H3. The third-order valence-electron chi connectivity index (χ3n) is 5.19. The van der Waals surface area contributed by atoms with Crippen molar-refractivity contribution in [1.82, 2.24) is 0 Å². The maximum absolute atomic E-state index is 12.3. The van der Waals surface area contributed by atoms with E-state index in [1.54, 1.807) is 27.7 Å². The molecule has 0 aromatic heterocycles. The summed E-state index contributed by atoms with van der Waals surface area (Å²) in [5.74, 6) is -0.469. The van der Waals surface area contributed by atoms with E-state index >= 15 is 0 Å². The fraction of sp³-hybridized carbons (Fsp3) is 0.963. The van der Waals surface area contributed by atoms with Crippen molar-refractivity contribution in [2.45, 2.75) is 117 Å². The van der Waals surface area contributed by atoms with E-state index in [-0.39, 0.29) is 63.1 Å². The van der Waals surface area contributed by atoms with Gasteiger partial charge in [-0.2, -0.15) is 0 Å². The zero-order valence-corrected chi connectivity index (χ0v) is 24.9. The summed E-state index contributed by atoms with van der Waals surface area (Å²) in [6.45, 7) is 18.5. The summed E-state index contributed by atoms with van der Waals surface area (Å²) in [6, 6.07) is 0. The minimum Gasteiger partial charge on any atom is -0.458 e. The van der Waals surface area contributed by atoms with Crippen molar-refractivity contribution in [1.29, 1.82) is 0 Å². The summed E-state index contributed by atoms with van der Waals surface area (Å²) in [4.78, 5) is 12.3. The molecule has 0 aliphatic heterocycles. The Morgan fingerprint density at radius 1 is 0.500 bits per heavy atom. The van der Waals surface area contributed by atoms with Crippen LogP contribution in [0.4, 0.5) is 0 Å². The van der Waals surface area contributed by atoms with Crippen molar-refractivity contribution in [2.24, 2.45) is 0 Å². The first-order valence-electron chi connectivity index (χ1n) is 13.6. The van der Waals surface area contributed by atoms with E-state index in [1.807, 2.05) is 34.6 Å². The molecule has 0 aliphatic carbocycles. The number of hydrogen-bond donors (Lipinski definition) is 2. The van der Waals surface area contributed by atoms with Gasteiger partial charge in [0.05, 0.1) is 95.6 Å². The summed E-state index contributed by atoms with van der Waals surface area (Å²) in [5.41, 5.74) is 0. The Morgan fingerprint density at radius 2 is 0.816 bits per heavy atom. The Kier molecular flexibility index (Phi) is 21.4. The lowest BCUT2D eigenvalue weighted by Gasteiger charge is -2.22. The van der Waals surface area contributed by atoms with Gasteiger partial charge in [0.15, 0.2) is 6.10 Å². The van der Waals surface area contributed by atoms with Crippen molar-refractivity contribution in [3.8, 4) is 0 Å². The lowest BCUT2D eigenvalue weighted by atomic mass is 10.3. The molecule has 9 unspecified atom stereocenters. The molecule has 0 aromatic rings. The Labute approximate surface area is 229 Å². The van der Waals surface area contributed by atoms with Crippen LogP contribution >= 0.6 is 0 Å². The summed E-state index contributed by atoms with van der Waals surface area (Å²) in [6.07, 6.45) is -2.73. The molecule has 0 saturated heterocycles. The van der Waals surface area contributed by atoms with Gasteiger partial charge in [-0.3, -0.25) is 0 Å². The van der Waals surface area contributed by atoms with Gasteiger partial charge in [-0.25, -0.2) is 4.79 Å². The number of carbonyl (C=O) groups excluding carboxylic acids is 1. The third-order valence-corrected chi connectivity index (χ3v) is 5.19. The van der Waals surface area contributed by atoms with Gasteiger partial charge in [0, 0.05) is 0 Å². The van der Waals surface area contributed by atoms with Gasteiger partial charge in [-0.15, -0.1) is 0 Å². The van der Waals surface area contributed by atoms with E-state index in [1.165, 1.54) is 0 Å². The first-order valence-corrected chi connectivity index (χ1v) is 13.6. The highest BCUT2D eigenvalue weighted by atomic mass is 16.6. The second-order valence-electron chi connectivity index (χ2n) is 10.1. The first-order chi connectivity index (χ1) is 17.8. The third kappa shape index (κ3) is 21.0. The predicted molar refractivity (Wildman–Crippen MR) is 142 cm³/mol. The van der Waals surface area contributed by atoms with Crippen LogP contribution in [0.1, 0.15) is 62.3 Å². The summed E-state index contributed by atoms with van der Waals surface area (Å²) >= 11 is 0. The smallest absolute Gasteiger partial charge is 0.335 e. The minimum atomic E-state index is -0.742. The fourth-order valence-corrected chi connectivity index (χ4v) is 2.77. The molecule has 0 spiro atoms. The Morgan fingerprint density at radius 3 is 1.18 bits per heavy atom. The molecule has 38 heavy (non-hydrogen) atoms. The SMILES string of the molecule is CC(O)COC(C)COC(C)COC(C)C(=O)OC(C)COC(C)COC(C)COC(C)COC(C)CO. The van der Waals surface area contributed by atoms with Crippen LogP contribution in [-0.2, 0) is 42.7 Å². The van der Waals surface area contributed by atoms with Crippen molar-refractivity contribution < 1.29 is 52.9 Å². The maximum Gasteiger partial charge on any atom is 0.335 e. The number of carbonyl (C=O) groups is 1. The molecular formula is C27H54O11. The van der Waals surface area contributed by atoms with Gasteiger partial charge in [-0.1, -0.05) is 0 Å². The molecule has 0 amide bonds. The topological polar surface area (TPSA) is 131 Å². The monoisotopic (exact) mass is 554 g/mol. The predicted octanol–water partition coefficient (Wildman–Crippen LogP) is 2.13. The van der Waals surface area contributed by atoms with Crippen LogP contribution in [0.5, 0.6) is 0 Å². The number of aliphatic hydroxyl groups excluding tert-OH is 2. The molecule has 11 nitrogen and oxygen atoms in total. The average Bonchev–Trinajstić information content (AvgIpc) is 2.88. The van der Waals surface area contributed by atoms with Crippen LogP contribution in [-0.4, -0.2) is 124 Å². The van der Waals surface area contributed by atoms with Crippen molar-refractivity contribution >= 4 is 5.97 Å². The number of aliphatic hydroxyl groups is 2. The van der Waals surface area contributed by atoms with Crippen molar-refractivity contribution in [2.75, 3.05) is 52.9 Å². The number of esters is 1. The summed E-state index contributed by atoms with van der Waals surface area (Å²) in [7, 11) is 0. The van der Waals surface area contributed by atoms with Gasteiger partial charge in [0.1, 0.15) is 6.10 Å². The largest absolute Gasteiger partial charge is 0.458 e. The van der Waals surface area contributed by atoms with Crippen LogP contribution in [0, 0.1) is 0 Å². The molecule has 0 radical (unpaired) electrons. The molecule has 0 bridgehead atoms. The van der Waals surface area contributed by atoms with Crippen LogP contribution in [0.2, 0.25) is 0 Å². The van der Waals surface area contributed by atoms with Crippen LogP contribution in [0.15, 0.2) is 0 Å². The van der Waals surface area contributed by atoms with E-state index in [2.05, 4.69) is 0 Å². The highest BCUT2D eigenvalue weighted by Gasteiger charge is 2.20. The fourth-order valence-electron chi connectivity index (χ4n) is 2.77. The second kappa shape index (κ2) is 21.9. The number of hydrogen-bond acceptors (Lipinski definition) is 11. The Balaban J connectivity index is 4.01. The highest BCUT2D eigenvalue weighted by Crippen LogP contribution is 2.06. The molecular weight excluding hydrogens is 500 g/mol. The van der Waals surface area contributed by atoms with Crippen LogP contribution in [0.3, 0.4) is 0 Å². The Bertz CT molecular complexity index is 577. The van der Waals surface area contributed by atoms with Gasteiger partial charge < -0.3 is 48.1 Å². The van der Waals surface area contributed by atoms with Gasteiger partial charge >= 0.3 is 5.97 Å². The average molecular weight is 555 g/mol. The molecule has 0 fully saturated rings. The molecule has 0 aromatic carbocycles.